The topological polar surface area (TPSA) is 55.0 Å². The Bertz CT molecular complexity index is 447. The molecule has 0 saturated heterocycles. The summed E-state index contributed by atoms with van der Waals surface area (Å²) in [4.78, 5) is 19.2. The van der Waals surface area contributed by atoms with Crippen molar-refractivity contribution in [1.29, 1.82) is 0 Å². The van der Waals surface area contributed by atoms with Crippen molar-refractivity contribution in [2.24, 2.45) is 0 Å². The molecule has 0 radical (unpaired) electrons. The van der Waals surface area contributed by atoms with Crippen molar-refractivity contribution < 1.29 is 4.74 Å². The number of rotatable bonds is 5. The predicted molar refractivity (Wildman–Crippen MR) is 70.6 cm³/mol. The molecule has 0 aromatic carbocycles. The number of aromatic amines is 1. The number of hydrogen-bond donors (Lipinski definition) is 1. The summed E-state index contributed by atoms with van der Waals surface area (Å²) in [6, 6.07) is 1.60. The van der Waals surface area contributed by atoms with E-state index in [0.717, 1.165) is 50.0 Å². The first-order chi connectivity index (χ1) is 8.70. The second-order valence-corrected chi connectivity index (χ2v) is 4.97. The van der Waals surface area contributed by atoms with Crippen molar-refractivity contribution in [2.45, 2.75) is 58.0 Å². The van der Waals surface area contributed by atoms with Gasteiger partial charge in [-0.1, -0.05) is 13.3 Å². The number of aryl methyl sites for hydroxylation is 1. The van der Waals surface area contributed by atoms with Gasteiger partial charge in [-0.15, -0.1) is 0 Å². The van der Waals surface area contributed by atoms with Crippen LogP contribution in [0, 0.1) is 0 Å². The highest BCUT2D eigenvalue weighted by atomic mass is 16.5. The molecule has 0 unspecified atom stereocenters. The summed E-state index contributed by atoms with van der Waals surface area (Å²) >= 11 is 0. The highest BCUT2D eigenvalue weighted by Crippen LogP contribution is 2.40. The quantitative estimate of drug-likeness (QED) is 0.873. The fourth-order valence-electron chi connectivity index (χ4n) is 2.78. The molecule has 1 aromatic rings. The molecule has 1 aromatic heterocycles. The van der Waals surface area contributed by atoms with Gasteiger partial charge in [-0.25, -0.2) is 4.98 Å². The summed E-state index contributed by atoms with van der Waals surface area (Å²) in [5.74, 6) is 0.734. The van der Waals surface area contributed by atoms with Crippen molar-refractivity contribution in [3.05, 3.63) is 27.9 Å². The molecule has 100 valence electrons. The van der Waals surface area contributed by atoms with Crippen molar-refractivity contribution in [3.63, 3.8) is 0 Å². The summed E-state index contributed by atoms with van der Waals surface area (Å²) in [7, 11) is 0. The molecule has 0 bridgehead atoms. The molecular weight excluding hydrogens is 228 g/mol. The number of nitrogens with one attached hydrogen (secondary N) is 1. The van der Waals surface area contributed by atoms with Crippen LogP contribution in [-0.4, -0.2) is 16.6 Å². The zero-order chi connectivity index (χ0) is 13.0. The van der Waals surface area contributed by atoms with Gasteiger partial charge in [-0.2, -0.15) is 0 Å². The number of aromatic nitrogens is 2. The average molecular weight is 250 g/mol. The Kier molecular flexibility index (Phi) is 4.17. The van der Waals surface area contributed by atoms with E-state index in [2.05, 4.69) is 16.9 Å². The van der Waals surface area contributed by atoms with Crippen LogP contribution < -0.4 is 5.56 Å². The highest BCUT2D eigenvalue weighted by molar-refractivity contribution is 5.11. The lowest BCUT2D eigenvalue weighted by molar-refractivity contribution is -0.0460. The maximum absolute atomic E-state index is 11.7. The van der Waals surface area contributed by atoms with Crippen LogP contribution in [0.25, 0.3) is 0 Å². The summed E-state index contributed by atoms with van der Waals surface area (Å²) in [6.07, 6.45) is 6.04. The number of H-pyrrole nitrogens is 1. The molecule has 1 N–H and O–H groups in total. The van der Waals surface area contributed by atoms with Gasteiger partial charge < -0.3 is 9.72 Å². The normalized spacial score (nSPS) is 18.1. The molecule has 0 aliphatic heterocycles. The van der Waals surface area contributed by atoms with E-state index < -0.39 is 0 Å². The molecule has 0 atom stereocenters. The minimum atomic E-state index is -0.350. The van der Waals surface area contributed by atoms with E-state index in [4.69, 9.17) is 4.74 Å². The van der Waals surface area contributed by atoms with Gasteiger partial charge in [-0.05, 0) is 39.0 Å². The van der Waals surface area contributed by atoms with Crippen molar-refractivity contribution >= 4 is 0 Å². The lowest BCUT2D eigenvalue weighted by Gasteiger charge is -2.27. The molecule has 1 aliphatic carbocycles. The van der Waals surface area contributed by atoms with E-state index in [9.17, 15) is 4.79 Å². The van der Waals surface area contributed by atoms with Crippen molar-refractivity contribution in [2.75, 3.05) is 6.61 Å². The zero-order valence-corrected chi connectivity index (χ0v) is 11.3. The van der Waals surface area contributed by atoms with Crippen LogP contribution in [0.3, 0.4) is 0 Å². The van der Waals surface area contributed by atoms with Gasteiger partial charge in [0.05, 0.1) is 0 Å². The smallest absolute Gasteiger partial charge is 0.251 e. The number of hydrogen-bond acceptors (Lipinski definition) is 3. The van der Waals surface area contributed by atoms with Crippen LogP contribution in [0.4, 0.5) is 0 Å². The molecule has 1 aliphatic rings. The number of ether oxygens (including phenoxy) is 1. The molecule has 0 spiro atoms. The standard InChI is InChI=1S/C14H22N2O2/c1-3-7-11-10-12(17)16-13(15-11)14(18-4-2)8-5-6-9-14/h10H,3-9H2,1-2H3,(H,15,16,17). The summed E-state index contributed by atoms with van der Waals surface area (Å²) in [6.45, 7) is 4.74. The Morgan fingerprint density at radius 3 is 2.72 bits per heavy atom. The molecule has 4 heteroatoms. The van der Waals surface area contributed by atoms with Gasteiger partial charge in [-0.3, -0.25) is 4.79 Å². The first kappa shape index (κ1) is 13.3. The van der Waals surface area contributed by atoms with Crippen molar-refractivity contribution in [1.82, 2.24) is 9.97 Å². The maximum atomic E-state index is 11.7. The molecule has 1 fully saturated rings. The molecule has 0 amide bonds. The Morgan fingerprint density at radius 2 is 2.11 bits per heavy atom. The van der Waals surface area contributed by atoms with E-state index in [1.54, 1.807) is 6.07 Å². The van der Waals surface area contributed by atoms with Crippen LogP contribution >= 0.6 is 0 Å². The monoisotopic (exact) mass is 250 g/mol. The van der Waals surface area contributed by atoms with E-state index in [0.29, 0.717) is 6.61 Å². The summed E-state index contributed by atoms with van der Waals surface area (Å²) in [5, 5.41) is 0. The molecule has 2 rings (SSSR count). The Balaban J connectivity index is 2.38. The van der Waals surface area contributed by atoms with E-state index in [-0.39, 0.29) is 11.2 Å². The SMILES string of the molecule is CCCc1cc(=O)[nH]c(C2(OCC)CCCC2)n1. The van der Waals surface area contributed by atoms with E-state index >= 15 is 0 Å². The fourth-order valence-corrected chi connectivity index (χ4v) is 2.78. The third-order valence-corrected chi connectivity index (χ3v) is 3.56. The maximum Gasteiger partial charge on any atom is 0.251 e. The Hall–Kier alpha value is -1.16. The van der Waals surface area contributed by atoms with Crippen LogP contribution in [0.5, 0.6) is 0 Å². The van der Waals surface area contributed by atoms with Crippen LogP contribution in [0.15, 0.2) is 10.9 Å². The zero-order valence-electron chi connectivity index (χ0n) is 11.3. The second kappa shape index (κ2) is 5.65. The van der Waals surface area contributed by atoms with Crippen LogP contribution in [0.2, 0.25) is 0 Å². The number of nitrogens with zero attached hydrogens (tertiary/aromatic N) is 1. The van der Waals surface area contributed by atoms with Gasteiger partial charge in [0.25, 0.3) is 5.56 Å². The Labute approximate surface area is 108 Å². The van der Waals surface area contributed by atoms with Crippen LogP contribution in [-0.2, 0) is 16.8 Å². The molecule has 4 nitrogen and oxygen atoms in total. The van der Waals surface area contributed by atoms with Gasteiger partial charge in [0.1, 0.15) is 11.4 Å². The third-order valence-electron chi connectivity index (χ3n) is 3.56. The van der Waals surface area contributed by atoms with E-state index in [1.807, 2.05) is 6.92 Å². The first-order valence-corrected chi connectivity index (χ1v) is 6.95. The van der Waals surface area contributed by atoms with Gasteiger partial charge >= 0.3 is 0 Å². The predicted octanol–water partition coefficient (Wildman–Crippen LogP) is 2.53. The Morgan fingerprint density at radius 1 is 1.39 bits per heavy atom. The lowest BCUT2D eigenvalue weighted by Crippen LogP contribution is -2.31. The minimum Gasteiger partial charge on any atom is -0.367 e. The summed E-state index contributed by atoms with van der Waals surface area (Å²) < 4.78 is 5.93. The largest absolute Gasteiger partial charge is 0.367 e. The fraction of sp³-hybridized carbons (Fsp3) is 0.714. The average Bonchev–Trinajstić information content (AvgIpc) is 2.79. The lowest BCUT2D eigenvalue weighted by atomic mass is 10.0. The van der Waals surface area contributed by atoms with E-state index in [1.165, 1.54) is 0 Å². The molecular formula is C14H22N2O2. The van der Waals surface area contributed by atoms with Gasteiger partial charge in [0, 0.05) is 18.4 Å². The summed E-state index contributed by atoms with van der Waals surface area (Å²) in [5.41, 5.74) is 0.467. The van der Waals surface area contributed by atoms with Gasteiger partial charge in [0.15, 0.2) is 0 Å². The third kappa shape index (κ3) is 2.64. The molecule has 18 heavy (non-hydrogen) atoms. The second-order valence-electron chi connectivity index (χ2n) is 4.97. The molecule has 1 heterocycles. The first-order valence-electron chi connectivity index (χ1n) is 6.95. The molecule has 1 saturated carbocycles. The minimum absolute atomic E-state index is 0.0607. The van der Waals surface area contributed by atoms with Crippen LogP contribution in [0.1, 0.15) is 57.5 Å². The van der Waals surface area contributed by atoms with Crippen molar-refractivity contribution in [3.8, 4) is 0 Å². The highest BCUT2D eigenvalue weighted by Gasteiger charge is 2.38. The van der Waals surface area contributed by atoms with Gasteiger partial charge in [0.2, 0.25) is 0 Å².